The predicted octanol–water partition coefficient (Wildman–Crippen LogP) is 2.22. The van der Waals surface area contributed by atoms with Crippen molar-refractivity contribution in [3.05, 3.63) is 5.82 Å². The van der Waals surface area contributed by atoms with Crippen LogP contribution in [0.2, 0.25) is 0 Å². The van der Waals surface area contributed by atoms with Crippen LogP contribution in [-0.2, 0) is 0 Å². The first-order chi connectivity index (χ1) is 5.89. The Hall–Kier alpha value is -1.06. The monoisotopic (exact) mass is 183 g/mol. The molecule has 0 amide bonds. The standard InChI is InChI=1S/C9H17N3O/c1-6(9(3,4)5)10-8-11-7(2)12-13-8/h6H,1-5H3,(H,10,11,12). The third-order valence-corrected chi connectivity index (χ3v) is 2.17. The van der Waals surface area contributed by atoms with Crippen LogP contribution < -0.4 is 5.32 Å². The minimum atomic E-state index is 0.183. The third-order valence-electron chi connectivity index (χ3n) is 2.17. The molecule has 1 atom stereocenters. The van der Waals surface area contributed by atoms with Gasteiger partial charge in [0.05, 0.1) is 0 Å². The summed E-state index contributed by atoms with van der Waals surface area (Å²) >= 11 is 0. The van der Waals surface area contributed by atoms with Crippen LogP contribution in [0, 0.1) is 12.3 Å². The summed E-state index contributed by atoms with van der Waals surface area (Å²) in [6.07, 6.45) is 0. The van der Waals surface area contributed by atoms with Crippen molar-refractivity contribution in [1.29, 1.82) is 0 Å². The zero-order valence-corrected chi connectivity index (χ0v) is 8.88. The molecule has 1 rings (SSSR count). The van der Waals surface area contributed by atoms with Gasteiger partial charge in [0, 0.05) is 6.04 Å². The maximum Gasteiger partial charge on any atom is 0.321 e. The van der Waals surface area contributed by atoms with Gasteiger partial charge in [-0.3, -0.25) is 0 Å². The van der Waals surface area contributed by atoms with Crippen LogP contribution in [0.3, 0.4) is 0 Å². The van der Waals surface area contributed by atoms with Crippen LogP contribution in [0.4, 0.5) is 6.01 Å². The fraction of sp³-hybridized carbons (Fsp3) is 0.778. The number of hydrogen-bond donors (Lipinski definition) is 1. The summed E-state index contributed by atoms with van der Waals surface area (Å²) in [4.78, 5) is 4.08. The Balaban J connectivity index is 2.60. The molecule has 0 fully saturated rings. The summed E-state index contributed by atoms with van der Waals surface area (Å²) < 4.78 is 4.96. The number of rotatable bonds is 2. The molecule has 4 nitrogen and oxygen atoms in total. The molecule has 4 heteroatoms. The van der Waals surface area contributed by atoms with E-state index in [1.807, 2.05) is 0 Å². The van der Waals surface area contributed by atoms with Gasteiger partial charge < -0.3 is 9.84 Å². The van der Waals surface area contributed by atoms with Gasteiger partial charge in [0.15, 0.2) is 5.82 Å². The summed E-state index contributed by atoms with van der Waals surface area (Å²) in [6.45, 7) is 10.4. The van der Waals surface area contributed by atoms with Crippen LogP contribution in [0.25, 0.3) is 0 Å². The van der Waals surface area contributed by atoms with Gasteiger partial charge in [-0.05, 0) is 19.3 Å². The Labute approximate surface area is 78.7 Å². The van der Waals surface area contributed by atoms with Gasteiger partial charge in [0.25, 0.3) is 0 Å². The van der Waals surface area contributed by atoms with E-state index in [0.717, 1.165) is 0 Å². The normalized spacial score (nSPS) is 14.2. The van der Waals surface area contributed by atoms with Crippen molar-refractivity contribution < 1.29 is 4.52 Å². The first kappa shape index (κ1) is 10.0. The average molecular weight is 183 g/mol. The van der Waals surface area contributed by atoms with E-state index >= 15 is 0 Å². The van der Waals surface area contributed by atoms with Gasteiger partial charge in [-0.15, -0.1) is 0 Å². The fourth-order valence-corrected chi connectivity index (χ4v) is 0.757. The van der Waals surface area contributed by atoms with E-state index in [9.17, 15) is 0 Å². The molecule has 1 heterocycles. The molecule has 0 spiro atoms. The Bertz CT molecular complexity index is 275. The first-order valence-electron chi connectivity index (χ1n) is 4.46. The van der Waals surface area contributed by atoms with E-state index in [4.69, 9.17) is 4.52 Å². The highest BCUT2D eigenvalue weighted by atomic mass is 16.5. The second-order valence-electron chi connectivity index (χ2n) is 4.38. The molecule has 1 aromatic rings. The number of anilines is 1. The van der Waals surface area contributed by atoms with E-state index < -0.39 is 0 Å². The summed E-state index contributed by atoms with van der Waals surface area (Å²) in [7, 11) is 0. The Kier molecular flexibility index (Phi) is 2.59. The molecular formula is C9H17N3O. The maximum atomic E-state index is 4.96. The number of aryl methyl sites for hydroxylation is 1. The van der Waals surface area contributed by atoms with Gasteiger partial charge in [0.2, 0.25) is 0 Å². The molecule has 0 saturated carbocycles. The number of nitrogens with one attached hydrogen (secondary N) is 1. The number of nitrogens with zero attached hydrogens (tertiary/aromatic N) is 2. The molecule has 1 aromatic heterocycles. The lowest BCUT2D eigenvalue weighted by Gasteiger charge is -2.26. The van der Waals surface area contributed by atoms with Crippen LogP contribution in [0.5, 0.6) is 0 Å². The molecule has 0 aliphatic carbocycles. The van der Waals surface area contributed by atoms with Crippen LogP contribution in [0.15, 0.2) is 4.52 Å². The van der Waals surface area contributed by atoms with Gasteiger partial charge in [0.1, 0.15) is 0 Å². The molecular weight excluding hydrogens is 166 g/mol. The minimum absolute atomic E-state index is 0.183. The zero-order valence-electron chi connectivity index (χ0n) is 8.88. The number of aromatic nitrogens is 2. The Morgan fingerprint density at radius 2 is 2.00 bits per heavy atom. The smallest absolute Gasteiger partial charge is 0.321 e. The van der Waals surface area contributed by atoms with Crippen molar-refractivity contribution in [3.8, 4) is 0 Å². The molecule has 0 aliphatic heterocycles. The molecule has 0 aliphatic rings. The minimum Gasteiger partial charge on any atom is -0.335 e. The van der Waals surface area contributed by atoms with E-state index in [1.54, 1.807) is 6.92 Å². The van der Waals surface area contributed by atoms with Crippen LogP contribution >= 0.6 is 0 Å². The molecule has 0 radical (unpaired) electrons. The highest BCUT2D eigenvalue weighted by Gasteiger charge is 2.21. The summed E-state index contributed by atoms with van der Waals surface area (Å²) in [6, 6.07) is 0.798. The second kappa shape index (κ2) is 3.36. The van der Waals surface area contributed by atoms with Crippen molar-refractivity contribution in [2.24, 2.45) is 5.41 Å². The second-order valence-corrected chi connectivity index (χ2v) is 4.38. The van der Waals surface area contributed by atoms with Crippen molar-refractivity contribution >= 4 is 6.01 Å². The maximum absolute atomic E-state index is 4.96. The fourth-order valence-electron chi connectivity index (χ4n) is 0.757. The highest BCUT2D eigenvalue weighted by molar-refractivity contribution is 5.20. The quantitative estimate of drug-likeness (QED) is 0.763. The van der Waals surface area contributed by atoms with Crippen molar-refractivity contribution in [2.45, 2.75) is 40.7 Å². The van der Waals surface area contributed by atoms with Gasteiger partial charge in [-0.1, -0.05) is 25.9 Å². The highest BCUT2D eigenvalue weighted by Crippen LogP contribution is 2.21. The van der Waals surface area contributed by atoms with Gasteiger partial charge in [-0.25, -0.2) is 0 Å². The average Bonchev–Trinajstić information content (AvgIpc) is 2.33. The van der Waals surface area contributed by atoms with E-state index in [2.05, 4.69) is 43.2 Å². The largest absolute Gasteiger partial charge is 0.335 e. The Morgan fingerprint density at radius 3 is 2.38 bits per heavy atom. The molecule has 13 heavy (non-hydrogen) atoms. The molecule has 0 bridgehead atoms. The van der Waals surface area contributed by atoms with E-state index in [0.29, 0.717) is 17.9 Å². The van der Waals surface area contributed by atoms with Crippen LogP contribution in [-0.4, -0.2) is 16.2 Å². The lowest BCUT2D eigenvalue weighted by molar-refractivity contribution is 0.343. The molecule has 74 valence electrons. The zero-order chi connectivity index (χ0) is 10.1. The molecule has 1 N–H and O–H groups in total. The van der Waals surface area contributed by atoms with Gasteiger partial charge in [-0.2, -0.15) is 4.98 Å². The van der Waals surface area contributed by atoms with Crippen molar-refractivity contribution in [2.75, 3.05) is 5.32 Å². The third kappa shape index (κ3) is 2.72. The lowest BCUT2D eigenvalue weighted by Crippen LogP contribution is -2.30. The summed E-state index contributed by atoms with van der Waals surface area (Å²) in [5, 5.41) is 6.87. The molecule has 1 unspecified atom stereocenters. The first-order valence-corrected chi connectivity index (χ1v) is 4.46. The topological polar surface area (TPSA) is 51.0 Å². The van der Waals surface area contributed by atoms with Crippen LogP contribution in [0.1, 0.15) is 33.5 Å². The SMILES string of the molecule is Cc1noc(NC(C)C(C)(C)C)n1. The molecule has 0 saturated heterocycles. The summed E-state index contributed by atoms with van der Waals surface area (Å²) in [5.74, 6) is 0.656. The van der Waals surface area contributed by atoms with Crippen molar-refractivity contribution in [3.63, 3.8) is 0 Å². The Morgan fingerprint density at radius 1 is 1.38 bits per heavy atom. The van der Waals surface area contributed by atoms with Crippen molar-refractivity contribution in [1.82, 2.24) is 10.1 Å². The number of hydrogen-bond acceptors (Lipinski definition) is 4. The lowest BCUT2D eigenvalue weighted by atomic mass is 9.88. The van der Waals surface area contributed by atoms with E-state index in [1.165, 1.54) is 0 Å². The van der Waals surface area contributed by atoms with Gasteiger partial charge >= 0.3 is 6.01 Å². The molecule has 0 aromatic carbocycles. The summed E-state index contributed by atoms with van der Waals surface area (Å²) in [5.41, 5.74) is 0.183. The van der Waals surface area contributed by atoms with E-state index in [-0.39, 0.29) is 5.41 Å². The predicted molar refractivity (Wildman–Crippen MR) is 51.6 cm³/mol.